The van der Waals surface area contributed by atoms with Gasteiger partial charge in [0.1, 0.15) is 31.0 Å². The molecular formula is C44H63F2N11O16. The molecule has 0 unspecified atom stereocenters. The summed E-state index contributed by atoms with van der Waals surface area (Å²) >= 11 is 0. The number of carbonyl (C=O) groups is 9. The molecule has 2 aromatic carbocycles. The number of azide groups is 2. The number of carboxylic acids is 1. The maximum atomic E-state index is 12.3. The van der Waals surface area contributed by atoms with E-state index >= 15 is 0 Å². The van der Waals surface area contributed by atoms with Gasteiger partial charge in [-0.1, -0.05) is 70.9 Å². The predicted octanol–water partition coefficient (Wildman–Crippen LogP) is 2.71. The fraction of sp³-hybridized carbons (Fsp3) is 0.523. The van der Waals surface area contributed by atoms with Crippen LogP contribution in [0.5, 0.6) is 0 Å². The zero-order valence-electron chi connectivity index (χ0n) is 40.7. The van der Waals surface area contributed by atoms with Crippen molar-refractivity contribution in [3.8, 4) is 0 Å². The highest BCUT2D eigenvalue weighted by Crippen LogP contribution is 2.12. The molecule has 3 rings (SSSR count). The Morgan fingerprint density at radius 3 is 1.63 bits per heavy atom. The molecule has 0 radical (unpaired) electrons. The fourth-order valence-corrected chi connectivity index (χ4v) is 5.04. The van der Waals surface area contributed by atoms with Crippen LogP contribution in [0.1, 0.15) is 64.0 Å². The second kappa shape index (κ2) is 45.2. The molecule has 0 saturated carbocycles. The van der Waals surface area contributed by atoms with Crippen LogP contribution in [-0.2, 0) is 70.4 Å². The van der Waals surface area contributed by atoms with Crippen molar-refractivity contribution in [1.29, 1.82) is 0 Å². The van der Waals surface area contributed by atoms with Crippen LogP contribution in [0.15, 0.2) is 70.9 Å². The van der Waals surface area contributed by atoms with Gasteiger partial charge in [-0.15, -0.1) is 0 Å². The Morgan fingerprint density at radius 2 is 1.23 bits per heavy atom. The van der Waals surface area contributed by atoms with Crippen molar-refractivity contribution < 1.29 is 91.2 Å². The monoisotopic (exact) mass is 1040 g/mol. The van der Waals surface area contributed by atoms with Crippen molar-refractivity contribution in [2.75, 3.05) is 65.7 Å². The van der Waals surface area contributed by atoms with Crippen LogP contribution in [0.4, 0.5) is 23.2 Å². The number of nitrogens with one attached hydrogen (secondary N) is 4. The molecule has 7 N–H and O–H groups in total. The van der Waals surface area contributed by atoms with Crippen molar-refractivity contribution >= 4 is 53.8 Å². The van der Waals surface area contributed by atoms with E-state index in [0.717, 1.165) is 17.7 Å². The zero-order chi connectivity index (χ0) is 55.1. The number of halogens is 2. The van der Waals surface area contributed by atoms with Gasteiger partial charge in [-0.25, -0.2) is 28.0 Å². The second-order valence-electron chi connectivity index (χ2n) is 14.3. The van der Waals surface area contributed by atoms with Gasteiger partial charge in [-0.3, -0.25) is 14.4 Å². The fourth-order valence-electron chi connectivity index (χ4n) is 5.04. The molecule has 27 nitrogen and oxygen atoms in total. The van der Waals surface area contributed by atoms with Crippen LogP contribution < -0.4 is 32.1 Å². The molecule has 0 bridgehead atoms. The molecule has 1 saturated heterocycles. The predicted molar refractivity (Wildman–Crippen MR) is 249 cm³/mol. The highest BCUT2D eigenvalue weighted by atomic mass is 19.3. The molecule has 0 aromatic heterocycles. The van der Waals surface area contributed by atoms with Gasteiger partial charge in [0, 0.05) is 68.7 Å². The minimum absolute atomic E-state index is 0.0732. The first-order valence-corrected chi connectivity index (χ1v) is 22.2. The number of cyclic esters (lactones) is 2. The number of alkyl carbamates (subject to hydrolysis) is 3. The molecule has 0 aliphatic carbocycles. The molecule has 73 heavy (non-hydrogen) atoms. The number of rotatable bonds is 27. The largest absolute Gasteiger partial charge is 0.544 e. The van der Waals surface area contributed by atoms with Crippen LogP contribution in [0, 0.1) is 5.92 Å². The summed E-state index contributed by atoms with van der Waals surface area (Å²) in [6.45, 7) is 8.31. The van der Waals surface area contributed by atoms with Crippen LogP contribution in [0.25, 0.3) is 20.9 Å². The first-order valence-electron chi connectivity index (χ1n) is 22.2. The Morgan fingerprint density at radius 1 is 0.753 bits per heavy atom. The Hall–Kier alpha value is -7.97. The van der Waals surface area contributed by atoms with Crippen LogP contribution in [0.3, 0.4) is 0 Å². The number of quaternary nitrogens is 1. The van der Waals surface area contributed by atoms with Crippen molar-refractivity contribution in [1.82, 2.24) is 21.3 Å². The molecule has 0 spiro atoms. The lowest BCUT2D eigenvalue weighted by Crippen LogP contribution is -2.52. The molecule has 1 aliphatic heterocycles. The standard InChI is InChI=1S/C20H29N5O5.C14H16N2O5.C4H10N4O.C4H6O3.C2H2F2O2/c1-16(26)14-18(19(27)22-10-12-29-13-11-24-25-21)8-5-9-23-20(28)30-15-17-6-3-2-4-7-17;17-12-11(16-14(19)21-12)7-4-8-15-13(18)20-9-10-5-2-1-3-6-10;5-1-3-9-4-2-7-8-6;1-3(5)7-4(2)6;3-1(4)2(5)6/h2-4,6-7,18H,5,8-15H2,1H3,(H,22,27)(H,23,28);1-3,5-6,11H,4,7-9H2,(H,15,18)(H,16,19);1-5H2;1-2H3;1H,(H,5,6)/t18-;11-;;;/m10.../s1. The zero-order valence-corrected chi connectivity index (χ0v) is 40.7. The summed E-state index contributed by atoms with van der Waals surface area (Å²) < 4.78 is 49.6. The van der Waals surface area contributed by atoms with Crippen molar-refractivity contribution in [2.45, 2.75) is 78.6 Å². The second-order valence-corrected chi connectivity index (χ2v) is 14.3. The van der Waals surface area contributed by atoms with E-state index in [4.69, 9.17) is 39.9 Å². The third-order valence-corrected chi connectivity index (χ3v) is 8.14. The molecule has 29 heteroatoms. The summed E-state index contributed by atoms with van der Waals surface area (Å²) in [5.74, 6) is -4.79. The summed E-state index contributed by atoms with van der Waals surface area (Å²) in [5, 5.41) is 25.8. The van der Waals surface area contributed by atoms with Crippen LogP contribution in [-0.4, -0.2) is 132 Å². The van der Waals surface area contributed by atoms with Crippen molar-refractivity contribution in [2.24, 2.45) is 16.1 Å². The molecule has 1 aliphatic rings. The number of Topliss-reactive ketones (excluding diaryl/α,β-unsaturated/α-hetero) is 1. The number of ketones is 1. The number of hydrogen-bond acceptors (Lipinski definition) is 18. The smallest absolute Gasteiger partial charge is 0.415 e. The quantitative estimate of drug-likeness (QED) is 0.0163. The van der Waals surface area contributed by atoms with E-state index in [-0.39, 0.29) is 51.1 Å². The van der Waals surface area contributed by atoms with E-state index < -0.39 is 60.5 Å². The molecule has 404 valence electrons. The Labute approximate surface area is 418 Å². The van der Waals surface area contributed by atoms with Gasteiger partial charge < -0.3 is 70.1 Å². The number of esters is 3. The van der Waals surface area contributed by atoms with E-state index in [1.165, 1.54) is 20.8 Å². The highest BCUT2D eigenvalue weighted by Gasteiger charge is 2.31. The highest BCUT2D eigenvalue weighted by molar-refractivity contribution is 5.95. The number of aliphatic carboxylic acids is 1. The number of amides is 4. The van der Waals surface area contributed by atoms with Gasteiger partial charge in [0.05, 0.1) is 33.0 Å². The maximum absolute atomic E-state index is 12.3. The summed E-state index contributed by atoms with van der Waals surface area (Å²) in [5.41, 5.74) is 21.3. The van der Waals surface area contributed by atoms with E-state index in [0.29, 0.717) is 65.1 Å². The van der Waals surface area contributed by atoms with Gasteiger partial charge >= 0.3 is 36.2 Å². The van der Waals surface area contributed by atoms with E-state index in [2.05, 4.69) is 56.5 Å². The number of ether oxygens (including phenoxy) is 6. The van der Waals surface area contributed by atoms with E-state index in [9.17, 15) is 47.1 Å². The number of alkyl halides is 2. The number of carbonyl (C=O) groups excluding carboxylic acids is 9. The Bertz CT molecular complexity index is 2040. The summed E-state index contributed by atoms with van der Waals surface area (Å²) in [7, 11) is 0. The molecular weight excluding hydrogens is 977 g/mol. The number of benzene rings is 2. The first kappa shape index (κ1) is 67.1. The lowest BCUT2D eigenvalue weighted by Gasteiger charge is -2.16. The maximum Gasteiger partial charge on any atom is 0.415 e. The minimum atomic E-state index is -3.34. The molecule has 2 atom stereocenters. The third kappa shape index (κ3) is 43.8. The van der Waals surface area contributed by atoms with Crippen LogP contribution in [0.2, 0.25) is 0 Å². The van der Waals surface area contributed by atoms with Gasteiger partial charge in [-0.2, -0.15) is 0 Å². The van der Waals surface area contributed by atoms with Gasteiger partial charge in [0.2, 0.25) is 5.91 Å². The summed E-state index contributed by atoms with van der Waals surface area (Å²) in [6, 6.07) is 18.1. The normalized spacial score (nSPS) is 12.0. The van der Waals surface area contributed by atoms with Gasteiger partial charge in [-0.05, 0) is 54.8 Å². The topological polar surface area (TPSA) is 405 Å². The summed E-state index contributed by atoms with van der Waals surface area (Å²) in [6.07, 6.45) is -3.03. The molecule has 2 aromatic rings. The van der Waals surface area contributed by atoms with E-state index in [1.807, 2.05) is 60.7 Å². The number of carboxylic acid groups (broad SMARTS) is 1. The van der Waals surface area contributed by atoms with Gasteiger partial charge in [0.15, 0.2) is 0 Å². The number of hydrogen-bond donors (Lipinski definition) is 5. The lowest BCUT2D eigenvalue weighted by molar-refractivity contribution is -0.374. The Kier molecular flexibility index (Phi) is 41.5. The lowest BCUT2D eigenvalue weighted by atomic mass is 9.96. The van der Waals surface area contributed by atoms with Crippen molar-refractivity contribution in [3.05, 3.63) is 92.7 Å². The molecule has 1 fully saturated rings. The third-order valence-electron chi connectivity index (χ3n) is 8.14. The first-order chi connectivity index (χ1) is 34.9. The van der Waals surface area contributed by atoms with Crippen LogP contribution >= 0.6 is 0 Å². The average molecular weight is 1040 g/mol. The molecule has 4 amide bonds. The average Bonchev–Trinajstić information content (AvgIpc) is 3.68. The number of nitrogens with zero attached hydrogens (tertiary/aromatic N) is 6. The van der Waals surface area contributed by atoms with Crippen molar-refractivity contribution in [3.63, 3.8) is 0 Å². The Balaban J connectivity index is 0. The van der Waals surface area contributed by atoms with Gasteiger partial charge in [0.25, 0.3) is 6.43 Å². The summed E-state index contributed by atoms with van der Waals surface area (Å²) in [4.78, 5) is 103. The molecule has 1 heterocycles. The van der Waals surface area contributed by atoms with E-state index in [1.54, 1.807) is 0 Å². The SMILES string of the molecule is CC(=O)C[C@@H](CCCNC(=O)OCc1ccccc1)C(=O)NCCOCCN=[N+]=[N-].CC(=O)OC(C)=O.O=C(NCCC[C@@H]1NC(=O)OC1=O)OCc1ccccc1.O=C([O-])C(F)F.[N-]=[N+]=NCCOCC[NH3+]. The minimum Gasteiger partial charge on any atom is -0.544 e.